The molecule has 0 saturated heterocycles. The maximum atomic E-state index is 5.54. The van der Waals surface area contributed by atoms with Crippen LogP contribution in [0, 0.1) is 0 Å². The molecule has 0 amide bonds. The average molecular weight is 286 g/mol. The molecule has 0 N–H and O–H groups in total. The van der Waals surface area contributed by atoms with E-state index in [0.717, 1.165) is 10.4 Å². The molecule has 1 rings (SSSR count). The Morgan fingerprint density at radius 3 is 2.00 bits per heavy atom. The van der Waals surface area contributed by atoms with E-state index in [2.05, 4.69) is 15.9 Å². The van der Waals surface area contributed by atoms with Gasteiger partial charge in [0.2, 0.25) is 0 Å². The highest BCUT2D eigenvalue weighted by atomic mass is 79.9. The Kier molecular flexibility index (Phi) is 9.98. The van der Waals surface area contributed by atoms with E-state index in [-0.39, 0.29) is 8.83 Å². The Morgan fingerprint density at radius 1 is 1.25 bits per heavy atom. The molecule has 0 heterocycles. The van der Waals surface area contributed by atoms with Gasteiger partial charge in [-0.15, -0.1) is 0 Å². The number of benzene rings is 1. The van der Waals surface area contributed by atoms with E-state index in [9.17, 15) is 0 Å². The van der Waals surface area contributed by atoms with E-state index in [0.29, 0.717) is 0 Å². The molecule has 0 atom stereocenters. The van der Waals surface area contributed by atoms with E-state index < -0.39 is 0 Å². The molecule has 0 aliphatic rings. The van der Waals surface area contributed by atoms with Gasteiger partial charge in [0.05, 0.1) is 0 Å². The summed E-state index contributed by atoms with van der Waals surface area (Å²) in [4.78, 5) is 0. The lowest BCUT2D eigenvalue weighted by Crippen LogP contribution is -1.73. The first-order valence-electron chi connectivity index (χ1n) is 3.63. The Bertz CT molecular complexity index is 180. The van der Waals surface area contributed by atoms with Crippen LogP contribution in [-0.2, 0) is 0 Å². The lowest BCUT2D eigenvalue weighted by atomic mass is 10.4. The van der Waals surface area contributed by atoms with Crippen molar-refractivity contribution < 1.29 is 0 Å². The fourth-order valence-electron chi connectivity index (χ4n) is 0.465. The zero-order valence-corrected chi connectivity index (χ0v) is 11.2. The average Bonchev–Trinajstić information content (AvgIpc) is 2.08. The highest BCUT2D eigenvalue weighted by molar-refractivity contribution is 9.09. The van der Waals surface area contributed by atoms with Crippen molar-refractivity contribution in [1.82, 2.24) is 0 Å². The van der Waals surface area contributed by atoms with Gasteiger partial charge in [0, 0.05) is 10.4 Å². The van der Waals surface area contributed by atoms with Crippen LogP contribution in [-0.4, -0.2) is 14.2 Å². The van der Waals surface area contributed by atoms with Gasteiger partial charge in [-0.25, -0.2) is 0 Å². The molecule has 0 radical (unpaired) electrons. The molecule has 0 aliphatic heterocycles. The molecule has 0 aliphatic carbocycles. The molecule has 1 aromatic carbocycles. The van der Waals surface area contributed by atoms with Gasteiger partial charge < -0.3 is 0 Å². The van der Waals surface area contributed by atoms with E-state index in [1.807, 2.05) is 30.3 Å². The lowest BCUT2D eigenvalue weighted by Gasteiger charge is -1.80. The summed E-state index contributed by atoms with van der Waals surface area (Å²) in [5, 5.41) is 1.88. The summed E-state index contributed by atoms with van der Waals surface area (Å²) in [5.41, 5.74) is 0. The minimum absolute atomic E-state index is 0.161. The maximum absolute atomic E-state index is 5.54. The van der Waals surface area contributed by atoms with Crippen molar-refractivity contribution in [3.05, 3.63) is 35.4 Å². The van der Waals surface area contributed by atoms with Crippen molar-refractivity contribution in [2.45, 2.75) is 6.04 Å². The highest BCUT2D eigenvalue weighted by Crippen LogP contribution is 2.03. The summed E-state index contributed by atoms with van der Waals surface area (Å²) in [5.74, 6) is 0. The van der Waals surface area contributed by atoms with Gasteiger partial charge in [-0.2, -0.15) is 11.1 Å². The molecule has 0 nitrogen and oxygen atoms in total. The van der Waals surface area contributed by atoms with Crippen molar-refractivity contribution in [3.8, 4) is 0 Å². The summed E-state index contributed by atoms with van der Waals surface area (Å²) in [6.07, 6.45) is 0. The van der Waals surface area contributed by atoms with Crippen LogP contribution < -0.4 is 0 Å². The van der Waals surface area contributed by atoms with Crippen molar-refractivity contribution in [3.63, 3.8) is 0 Å². The highest BCUT2D eigenvalue weighted by Gasteiger charge is 1.75. The largest absolute Gasteiger partial charge is 0.176 e. The fourth-order valence-corrected chi connectivity index (χ4v) is 2.92. The number of hydrogen-bond donors (Lipinski definition) is 0. The molecule has 4 heteroatoms. The molecule has 0 fully saturated rings. The summed E-state index contributed by atoms with van der Waals surface area (Å²) in [6, 6.07) is 10.7. The van der Waals surface area contributed by atoms with Gasteiger partial charge in [-0.1, -0.05) is 45.7 Å². The van der Waals surface area contributed by atoms with E-state index in [4.69, 9.17) is 22.7 Å². The topological polar surface area (TPSA) is 0 Å². The van der Waals surface area contributed by atoms with E-state index >= 15 is 0 Å². The smallest absolute Gasteiger partial charge is 0.126 e. The number of rotatable bonds is 2. The van der Waals surface area contributed by atoms with Crippen LogP contribution in [0.25, 0.3) is 0 Å². The van der Waals surface area contributed by atoms with Crippen molar-refractivity contribution >= 4 is 47.4 Å². The number of alkyl halides is 1. The number of hydrogen-bond acceptors (Lipinski definition) is 0. The first-order valence-corrected chi connectivity index (χ1v) is 8.27. The third-order valence-corrected chi connectivity index (χ3v) is 4.27. The zero-order valence-electron chi connectivity index (χ0n) is 6.64. The molecule has 68 valence electrons. The second kappa shape index (κ2) is 9.58. The third kappa shape index (κ3) is 8.59. The fraction of sp³-hybridized carbons (Fsp3) is 0.250. The van der Waals surface area contributed by atoms with Crippen LogP contribution in [0.4, 0.5) is 0 Å². The summed E-state index contributed by atoms with van der Waals surface area (Å²) in [6.45, 7) is 0. The van der Waals surface area contributed by atoms with Gasteiger partial charge in [0.15, 0.2) is 0 Å². The Hall–Kier alpha value is 0.497. The predicted molar refractivity (Wildman–Crippen MR) is 64.5 cm³/mol. The summed E-state index contributed by atoms with van der Waals surface area (Å²) in [7, 11) is -0.161. The minimum Gasteiger partial charge on any atom is -0.176 e. The van der Waals surface area contributed by atoms with Crippen LogP contribution in [0.2, 0.25) is 11.1 Å². The Morgan fingerprint density at radius 2 is 1.83 bits per heavy atom. The number of halogens is 3. The second-order valence-electron chi connectivity index (χ2n) is 2.03. The molecule has 0 aromatic heterocycles. The van der Waals surface area contributed by atoms with Gasteiger partial charge in [0.25, 0.3) is 0 Å². The molecule has 12 heavy (non-hydrogen) atoms. The SMILES string of the molecule is Cl[SiH2]CCBr.Clc1ccccc1. The molecule has 0 bridgehead atoms. The zero-order chi connectivity index (χ0) is 9.23. The van der Waals surface area contributed by atoms with Crippen LogP contribution in [0.3, 0.4) is 0 Å². The standard InChI is InChI=1S/C6H5Cl.C2H6BrClSi/c7-6-4-2-1-3-5-6;3-1-2-5-4/h1-5H;1-2,5H2. The molecule has 0 spiro atoms. The monoisotopic (exact) mass is 284 g/mol. The van der Waals surface area contributed by atoms with Crippen molar-refractivity contribution in [2.75, 3.05) is 5.33 Å². The van der Waals surface area contributed by atoms with Crippen molar-refractivity contribution in [1.29, 1.82) is 0 Å². The van der Waals surface area contributed by atoms with Crippen LogP contribution in [0.15, 0.2) is 30.3 Å². The van der Waals surface area contributed by atoms with E-state index in [1.165, 1.54) is 6.04 Å². The summed E-state index contributed by atoms with van der Waals surface area (Å²) >= 11 is 14.2. The Labute approximate surface area is 93.9 Å². The third-order valence-electron chi connectivity index (χ3n) is 1.00. The molecule has 1 aromatic rings. The summed E-state index contributed by atoms with van der Waals surface area (Å²) < 4.78 is 0. The first-order chi connectivity index (χ1) is 5.81. The van der Waals surface area contributed by atoms with Crippen LogP contribution in [0.5, 0.6) is 0 Å². The van der Waals surface area contributed by atoms with Gasteiger partial charge in [-0.05, 0) is 18.2 Å². The van der Waals surface area contributed by atoms with Gasteiger partial charge in [0.1, 0.15) is 8.83 Å². The van der Waals surface area contributed by atoms with Crippen LogP contribution in [0.1, 0.15) is 0 Å². The van der Waals surface area contributed by atoms with E-state index in [1.54, 1.807) is 0 Å². The van der Waals surface area contributed by atoms with Crippen molar-refractivity contribution in [2.24, 2.45) is 0 Å². The first kappa shape index (κ1) is 12.5. The van der Waals surface area contributed by atoms with Gasteiger partial charge >= 0.3 is 0 Å². The quantitative estimate of drug-likeness (QED) is 0.444. The molecular formula is C8H11BrCl2Si. The Balaban J connectivity index is 0.000000217. The maximum Gasteiger partial charge on any atom is 0.126 e. The normalized spacial score (nSPS) is 9.58. The van der Waals surface area contributed by atoms with Crippen LogP contribution >= 0.6 is 38.6 Å². The lowest BCUT2D eigenvalue weighted by molar-refractivity contribution is 1.53. The molecular weight excluding hydrogens is 275 g/mol. The molecule has 0 saturated carbocycles. The molecule has 0 unspecified atom stereocenters. The second-order valence-corrected chi connectivity index (χ2v) is 5.48. The minimum atomic E-state index is -0.161. The predicted octanol–water partition coefficient (Wildman–Crippen LogP) is 3.46. The van der Waals surface area contributed by atoms with Gasteiger partial charge in [-0.3, -0.25) is 0 Å².